The molecule has 0 fully saturated rings. The second-order valence-corrected chi connectivity index (χ2v) is 7.66. The largest absolute Gasteiger partial charge is 0.366 e. The highest BCUT2D eigenvalue weighted by Crippen LogP contribution is 2.41. The number of aryl methyl sites for hydroxylation is 1. The zero-order valence-electron chi connectivity index (χ0n) is 15.9. The lowest BCUT2D eigenvalue weighted by Crippen LogP contribution is -2.19. The summed E-state index contributed by atoms with van der Waals surface area (Å²) in [6, 6.07) is 4.82. The van der Waals surface area contributed by atoms with Crippen LogP contribution in [0, 0.1) is 12.3 Å². The molecule has 0 bridgehead atoms. The van der Waals surface area contributed by atoms with Crippen LogP contribution < -0.4 is 5.73 Å². The smallest absolute Gasteiger partial charge is 0.248 e. The van der Waals surface area contributed by atoms with Gasteiger partial charge in [-0.2, -0.15) is 0 Å². The van der Waals surface area contributed by atoms with Crippen LogP contribution in [0.4, 0.5) is 4.39 Å². The molecule has 0 radical (unpaired) electrons. The Morgan fingerprint density at radius 1 is 1.28 bits per heavy atom. The summed E-state index contributed by atoms with van der Waals surface area (Å²) in [5, 5.41) is 0. The van der Waals surface area contributed by atoms with Crippen molar-refractivity contribution in [2.24, 2.45) is 11.1 Å². The third-order valence-corrected chi connectivity index (χ3v) is 5.14. The van der Waals surface area contributed by atoms with Crippen LogP contribution in [-0.2, 0) is 0 Å². The molecule has 1 aliphatic carbocycles. The highest BCUT2D eigenvalue weighted by molar-refractivity contribution is 5.93. The van der Waals surface area contributed by atoms with Gasteiger partial charge in [0.15, 0.2) is 0 Å². The van der Waals surface area contributed by atoms with Crippen molar-refractivity contribution in [1.29, 1.82) is 0 Å². The van der Waals surface area contributed by atoms with E-state index in [1.54, 1.807) is 32.0 Å². The van der Waals surface area contributed by atoms with Crippen molar-refractivity contribution in [3.05, 3.63) is 63.8 Å². The molecule has 0 saturated heterocycles. The van der Waals surface area contributed by atoms with Crippen molar-refractivity contribution in [2.45, 2.75) is 53.9 Å². The Balaban J connectivity index is 2.35. The van der Waals surface area contributed by atoms with Gasteiger partial charge in [0.2, 0.25) is 5.91 Å². The van der Waals surface area contributed by atoms with Crippen LogP contribution in [0.5, 0.6) is 0 Å². The summed E-state index contributed by atoms with van der Waals surface area (Å²) in [5.74, 6) is -0.769. The number of hydrogen-bond acceptors (Lipinski definition) is 1. The van der Waals surface area contributed by atoms with Crippen LogP contribution >= 0.6 is 0 Å². The molecule has 0 atom stereocenters. The number of carbonyl (C=O) groups is 1. The Labute approximate surface area is 150 Å². The average molecular weight is 341 g/mol. The van der Waals surface area contributed by atoms with Gasteiger partial charge in [0.05, 0.1) is 0 Å². The van der Waals surface area contributed by atoms with E-state index in [0.717, 1.165) is 12.8 Å². The topological polar surface area (TPSA) is 43.1 Å². The average Bonchev–Trinajstić information content (AvgIpc) is 2.52. The van der Waals surface area contributed by atoms with Gasteiger partial charge >= 0.3 is 0 Å². The molecule has 1 amide bonds. The molecular formula is C22H28FNO. The molecule has 1 aromatic rings. The van der Waals surface area contributed by atoms with Crippen molar-refractivity contribution in [2.75, 3.05) is 0 Å². The Morgan fingerprint density at radius 3 is 2.52 bits per heavy atom. The Morgan fingerprint density at radius 2 is 1.96 bits per heavy atom. The summed E-state index contributed by atoms with van der Waals surface area (Å²) < 4.78 is 14.9. The lowest BCUT2D eigenvalue weighted by molar-refractivity contribution is 0.1000. The fourth-order valence-electron chi connectivity index (χ4n) is 3.57. The first-order chi connectivity index (χ1) is 11.6. The lowest BCUT2D eigenvalue weighted by Gasteiger charge is -2.33. The number of allylic oxidation sites excluding steroid dienone is 5. The van der Waals surface area contributed by atoms with Crippen molar-refractivity contribution in [3.8, 4) is 0 Å². The van der Waals surface area contributed by atoms with E-state index in [2.05, 4.69) is 26.8 Å². The number of carbonyl (C=O) groups excluding carboxylic acids is 1. The monoisotopic (exact) mass is 341 g/mol. The summed E-state index contributed by atoms with van der Waals surface area (Å²) in [7, 11) is 0. The zero-order valence-corrected chi connectivity index (χ0v) is 15.9. The molecule has 0 saturated carbocycles. The molecule has 1 aliphatic rings. The molecule has 134 valence electrons. The minimum absolute atomic E-state index is 0.134. The van der Waals surface area contributed by atoms with Crippen LogP contribution in [0.3, 0.4) is 0 Å². The predicted molar refractivity (Wildman–Crippen MR) is 103 cm³/mol. The van der Waals surface area contributed by atoms with E-state index < -0.39 is 5.91 Å². The third kappa shape index (κ3) is 4.28. The molecule has 1 aromatic carbocycles. The molecule has 0 aromatic heterocycles. The van der Waals surface area contributed by atoms with Crippen molar-refractivity contribution >= 4 is 11.7 Å². The SMILES string of the molecule is CC(C=CC1=C(C)CCCC1(C)C)=C(F)c1ccc(C(N)=O)cc1C. The zero-order chi connectivity index (χ0) is 18.8. The number of rotatable bonds is 4. The summed E-state index contributed by atoms with van der Waals surface area (Å²) in [4.78, 5) is 11.2. The van der Waals surface area contributed by atoms with E-state index >= 15 is 0 Å². The van der Waals surface area contributed by atoms with Crippen LogP contribution in [0.15, 0.2) is 47.1 Å². The van der Waals surface area contributed by atoms with E-state index in [4.69, 9.17) is 5.73 Å². The summed E-state index contributed by atoms with van der Waals surface area (Å²) in [5.41, 5.74) is 10.3. The van der Waals surface area contributed by atoms with Gasteiger partial charge < -0.3 is 5.73 Å². The molecule has 25 heavy (non-hydrogen) atoms. The van der Waals surface area contributed by atoms with Gasteiger partial charge in [0, 0.05) is 11.1 Å². The van der Waals surface area contributed by atoms with Crippen molar-refractivity contribution < 1.29 is 9.18 Å². The molecule has 0 unspecified atom stereocenters. The first-order valence-corrected chi connectivity index (χ1v) is 8.79. The van der Waals surface area contributed by atoms with E-state index in [9.17, 15) is 9.18 Å². The van der Waals surface area contributed by atoms with E-state index in [1.807, 2.05) is 6.08 Å². The molecule has 2 nitrogen and oxygen atoms in total. The first-order valence-electron chi connectivity index (χ1n) is 8.79. The minimum Gasteiger partial charge on any atom is -0.366 e. The Bertz CT molecular complexity index is 781. The molecule has 3 heteroatoms. The standard InChI is InChI=1S/C22H28FNO/c1-14-7-6-12-22(4,5)19(14)11-8-15(2)20(23)18-10-9-17(21(24)25)13-16(18)3/h8-11,13H,6-7,12H2,1-5H3,(H2,24,25). The van der Waals surface area contributed by atoms with E-state index in [1.165, 1.54) is 17.6 Å². The summed E-state index contributed by atoms with van der Waals surface area (Å²) in [6.45, 7) is 10.2. The van der Waals surface area contributed by atoms with Gasteiger partial charge in [0.1, 0.15) is 5.83 Å². The lowest BCUT2D eigenvalue weighted by atomic mass is 9.72. The first kappa shape index (κ1) is 19.2. The molecule has 0 heterocycles. The maximum atomic E-state index is 14.9. The summed E-state index contributed by atoms with van der Waals surface area (Å²) >= 11 is 0. The predicted octanol–water partition coefficient (Wildman–Crippen LogP) is 5.88. The van der Waals surface area contributed by atoms with Gasteiger partial charge in [-0.05, 0) is 74.3 Å². The Hall–Kier alpha value is -2.16. The highest BCUT2D eigenvalue weighted by Gasteiger charge is 2.26. The van der Waals surface area contributed by atoms with E-state index in [0.29, 0.717) is 22.3 Å². The van der Waals surface area contributed by atoms with Crippen LogP contribution in [-0.4, -0.2) is 5.91 Å². The van der Waals surface area contributed by atoms with Crippen molar-refractivity contribution in [1.82, 2.24) is 0 Å². The number of amides is 1. The number of halogens is 1. The second kappa shape index (κ2) is 7.38. The van der Waals surface area contributed by atoms with Gasteiger partial charge in [-0.25, -0.2) is 4.39 Å². The quantitative estimate of drug-likeness (QED) is 0.683. The minimum atomic E-state index is -0.502. The highest BCUT2D eigenvalue weighted by atomic mass is 19.1. The molecule has 2 N–H and O–H groups in total. The normalized spacial score (nSPS) is 18.5. The maximum Gasteiger partial charge on any atom is 0.248 e. The number of hydrogen-bond donors (Lipinski definition) is 1. The van der Waals surface area contributed by atoms with Gasteiger partial charge in [-0.1, -0.05) is 37.6 Å². The van der Waals surface area contributed by atoms with Crippen LogP contribution in [0.25, 0.3) is 5.83 Å². The van der Waals surface area contributed by atoms with Crippen LogP contribution in [0.2, 0.25) is 0 Å². The third-order valence-electron chi connectivity index (χ3n) is 5.14. The molecule has 0 aliphatic heterocycles. The van der Waals surface area contributed by atoms with E-state index in [-0.39, 0.29) is 11.2 Å². The maximum absolute atomic E-state index is 14.9. The number of primary amides is 1. The number of benzene rings is 1. The second-order valence-electron chi connectivity index (χ2n) is 7.66. The van der Waals surface area contributed by atoms with Gasteiger partial charge in [-0.15, -0.1) is 0 Å². The van der Waals surface area contributed by atoms with Gasteiger partial charge in [0.25, 0.3) is 0 Å². The van der Waals surface area contributed by atoms with Crippen molar-refractivity contribution in [3.63, 3.8) is 0 Å². The van der Waals surface area contributed by atoms with Gasteiger partial charge in [-0.3, -0.25) is 4.79 Å². The Kier molecular flexibility index (Phi) is 5.66. The fraction of sp³-hybridized carbons (Fsp3) is 0.409. The molecular weight excluding hydrogens is 313 g/mol. The summed E-state index contributed by atoms with van der Waals surface area (Å²) in [6.07, 6.45) is 7.41. The molecule has 0 spiro atoms. The fourth-order valence-corrected chi connectivity index (χ4v) is 3.57. The molecule has 2 rings (SSSR count). The number of nitrogens with two attached hydrogens (primary N) is 1. The van der Waals surface area contributed by atoms with Crippen LogP contribution in [0.1, 0.15) is 68.4 Å².